The van der Waals surface area contributed by atoms with Crippen molar-refractivity contribution in [2.45, 2.75) is 17.3 Å². The molecule has 0 radical (unpaired) electrons. The number of hydrogen-bond donors (Lipinski definition) is 1. The summed E-state index contributed by atoms with van der Waals surface area (Å²) in [5.74, 6) is 0.392. The van der Waals surface area contributed by atoms with Crippen LogP contribution in [0.25, 0.3) is 11.0 Å². The van der Waals surface area contributed by atoms with Crippen LogP contribution in [0, 0.1) is 0 Å². The van der Waals surface area contributed by atoms with Crippen molar-refractivity contribution < 1.29 is 14.3 Å². The van der Waals surface area contributed by atoms with Gasteiger partial charge in [-0.1, -0.05) is 29.5 Å². The summed E-state index contributed by atoms with van der Waals surface area (Å²) >= 11 is 2.29. The van der Waals surface area contributed by atoms with Crippen LogP contribution in [0.2, 0.25) is 0 Å². The van der Waals surface area contributed by atoms with Crippen LogP contribution in [0.3, 0.4) is 0 Å². The van der Waals surface area contributed by atoms with Crippen molar-refractivity contribution >= 4 is 33.6 Å². The maximum Gasteiger partial charge on any atom is 0.336 e. The van der Waals surface area contributed by atoms with Crippen LogP contribution in [-0.4, -0.2) is 15.6 Å². The van der Waals surface area contributed by atoms with Crippen LogP contribution in [0.1, 0.15) is 13.3 Å². The minimum Gasteiger partial charge on any atom is -0.504 e. The number of ether oxygens (including phenoxy) is 1. The zero-order chi connectivity index (χ0) is 13.1. The van der Waals surface area contributed by atoms with Gasteiger partial charge in [-0.15, -0.1) is 0 Å². The van der Waals surface area contributed by atoms with E-state index >= 15 is 0 Å². The second-order valence-corrected chi connectivity index (χ2v) is 5.69. The molecule has 1 aromatic carbocycles. The summed E-state index contributed by atoms with van der Waals surface area (Å²) < 4.78 is 10.9. The van der Waals surface area contributed by atoms with Gasteiger partial charge in [-0.25, -0.2) is 4.79 Å². The fourth-order valence-corrected chi connectivity index (χ4v) is 1.68. The normalized spacial score (nSPS) is 12.6. The van der Waals surface area contributed by atoms with E-state index in [1.54, 1.807) is 12.1 Å². The molecular formula is C13H13IO4. The largest absolute Gasteiger partial charge is 0.504 e. The molecule has 2 aromatic rings. The second-order valence-electron chi connectivity index (χ2n) is 3.93. The van der Waals surface area contributed by atoms with Gasteiger partial charge in [-0.05, 0) is 18.6 Å². The SMILES string of the molecule is CCC(I)COc1cc2oc(=O)ccc2cc1O. The lowest BCUT2D eigenvalue weighted by atomic mass is 10.2. The van der Waals surface area contributed by atoms with E-state index in [9.17, 15) is 9.90 Å². The van der Waals surface area contributed by atoms with Gasteiger partial charge in [0.2, 0.25) is 0 Å². The molecule has 0 fully saturated rings. The molecule has 1 aromatic heterocycles. The third-order valence-corrected chi connectivity index (χ3v) is 3.80. The maximum absolute atomic E-state index is 11.1. The summed E-state index contributed by atoms with van der Waals surface area (Å²) in [6.07, 6.45) is 0.990. The number of rotatable bonds is 4. The predicted molar refractivity (Wildman–Crippen MR) is 77.7 cm³/mol. The number of aromatic hydroxyl groups is 1. The van der Waals surface area contributed by atoms with Crippen molar-refractivity contribution in [2.24, 2.45) is 0 Å². The third-order valence-electron chi connectivity index (χ3n) is 2.56. The molecule has 1 heterocycles. The summed E-state index contributed by atoms with van der Waals surface area (Å²) in [6, 6.07) is 6.00. The Morgan fingerprint density at radius 3 is 2.94 bits per heavy atom. The lowest BCUT2D eigenvalue weighted by Crippen LogP contribution is -2.09. The molecule has 96 valence electrons. The molecule has 0 aliphatic heterocycles. The minimum atomic E-state index is -0.417. The molecule has 1 atom stereocenters. The molecule has 0 amide bonds. The number of phenols is 1. The van der Waals surface area contributed by atoms with Crippen LogP contribution in [0.15, 0.2) is 33.5 Å². The van der Waals surface area contributed by atoms with Gasteiger partial charge < -0.3 is 14.3 Å². The lowest BCUT2D eigenvalue weighted by molar-refractivity contribution is 0.301. The molecule has 0 bridgehead atoms. The Kier molecular flexibility index (Phi) is 4.11. The highest BCUT2D eigenvalue weighted by Gasteiger charge is 2.09. The Hall–Kier alpha value is -1.24. The fraction of sp³-hybridized carbons (Fsp3) is 0.308. The summed E-state index contributed by atoms with van der Waals surface area (Å²) in [4.78, 5) is 11.1. The molecule has 2 rings (SSSR count). The molecule has 1 N–H and O–H groups in total. The van der Waals surface area contributed by atoms with Crippen molar-refractivity contribution in [1.29, 1.82) is 0 Å². The van der Waals surface area contributed by atoms with Crippen LogP contribution >= 0.6 is 22.6 Å². The maximum atomic E-state index is 11.1. The Morgan fingerprint density at radius 2 is 2.22 bits per heavy atom. The minimum absolute atomic E-state index is 0.0519. The number of phenolic OH excluding ortho intramolecular Hbond substituents is 1. The predicted octanol–water partition coefficient (Wildman–Crippen LogP) is 3.09. The van der Waals surface area contributed by atoms with E-state index in [4.69, 9.17) is 9.15 Å². The van der Waals surface area contributed by atoms with Crippen molar-refractivity contribution in [1.82, 2.24) is 0 Å². The molecule has 5 heteroatoms. The Labute approximate surface area is 118 Å². The van der Waals surface area contributed by atoms with E-state index in [1.807, 2.05) is 0 Å². The van der Waals surface area contributed by atoms with Gasteiger partial charge in [0.05, 0.1) is 0 Å². The molecule has 0 saturated heterocycles. The Bertz CT molecular complexity index is 605. The molecule has 1 unspecified atom stereocenters. The first-order valence-corrected chi connectivity index (χ1v) is 6.88. The average Bonchev–Trinajstić information content (AvgIpc) is 2.36. The van der Waals surface area contributed by atoms with Gasteiger partial charge in [0.25, 0.3) is 0 Å². The van der Waals surface area contributed by atoms with Gasteiger partial charge in [-0.3, -0.25) is 0 Å². The highest BCUT2D eigenvalue weighted by molar-refractivity contribution is 14.1. The molecule has 0 saturated carbocycles. The average molecular weight is 360 g/mol. The first-order valence-electron chi connectivity index (χ1n) is 5.64. The quantitative estimate of drug-likeness (QED) is 0.517. The van der Waals surface area contributed by atoms with E-state index < -0.39 is 5.63 Å². The van der Waals surface area contributed by atoms with Crippen molar-refractivity contribution in [3.8, 4) is 11.5 Å². The van der Waals surface area contributed by atoms with Gasteiger partial charge in [0.15, 0.2) is 11.5 Å². The zero-order valence-corrected chi connectivity index (χ0v) is 12.0. The summed E-state index contributed by atoms with van der Waals surface area (Å²) in [5, 5.41) is 10.5. The first-order chi connectivity index (χ1) is 8.60. The van der Waals surface area contributed by atoms with Gasteiger partial charge in [-0.2, -0.15) is 0 Å². The Morgan fingerprint density at radius 1 is 1.44 bits per heavy atom. The lowest BCUT2D eigenvalue weighted by Gasteiger charge is -2.11. The molecule has 0 aliphatic carbocycles. The number of benzene rings is 1. The van der Waals surface area contributed by atoms with Crippen LogP contribution < -0.4 is 10.4 Å². The van der Waals surface area contributed by atoms with Crippen molar-refractivity contribution in [3.05, 3.63) is 34.7 Å². The summed E-state index contributed by atoms with van der Waals surface area (Å²) in [5.41, 5.74) is -0.00345. The van der Waals surface area contributed by atoms with E-state index in [0.717, 1.165) is 6.42 Å². The number of halogens is 1. The van der Waals surface area contributed by atoms with E-state index in [0.29, 0.717) is 27.3 Å². The fourth-order valence-electron chi connectivity index (χ4n) is 1.50. The standard InChI is InChI=1S/C13H13IO4/c1-2-9(14)7-17-12-6-11-8(5-10(12)15)3-4-13(16)18-11/h3-6,9,15H,2,7H2,1H3. The zero-order valence-electron chi connectivity index (χ0n) is 9.85. The van der Waals surface area contributed by atoms with Gasteiger partial charge >= 0.3 is 5.63 Å². The monoisotopic (exact) mass is 360 g/mol. The highest BCUT2D eigenvalue weighted by atomic mass is 127. The molecular weight excluding hydrogens is 347 g/mol. The van der Waals surface area contributed by atoms with Crippen LogP contribution in [0.5, 0.6) is 11.5 Å². The van der Waals surface area contributed by atoms with Crippen LogP contribution in [0.4, 0.5) is 0 Å². The molecule has 0 aliphatic rings. The summed E-state index contributed by atoms with van der Waals surface area (Å²) in [6.45, 7) is 2.58. The molecule has 18 heavy (non-hydrogen) atoms. The van der Waals surface area contributed by atoms with Gasteiger partial charge in [0.1, 0.15) is 12.2 Å². The van der Waals surface area contributed by atoms with E-state index in [-0.39, 0.29) is 5.75 Å². The smallest absolute Gasteiger partial charge is 0.336 e. The Balaban J connectivity index is 2.33. The first kappa shape index (κ1) is 13.2. The van der Waals surface area contributed by atoms with Crippen molar-refractivity contribution in [2.75, 3.05) is 6.61 Å². The van der Waals surface area contributed by atoms with E-state index in [2.05, 4.69) is 29.5 Å². The summed E-state index contributed by atoms with van der Waals surface area (Å²) in [7, 11) is 0. The van der Waals surface area contributed by atoms with Crippen molar-refractivity contribution in [3.63, 3.8) is 0 Å². The third kappa shape index (κ3) is 2.95. The second kappa shape index (κ2) is 5.60. The highest BCUT2D eigenvalue weighted by Crippen LogP contribution is 2.31. The number of alkyl halides is 1. The molecule has 4 nitrogen and oxygen atoms in total. The number of fused-ring (bicyclic) bond motifs is 1. The van der Waals surface area contributed by atoms with E-state index in [1.165, 1.54) is 12.1 Å². The number of hydrogen-bond acceptors (Lipinski definition) is 4. The van der Waals surface area contributed by atoms with Gasteiger partial charge in [0, 0.05) is 21.4 Å². The molecule has 0 spiro atoms. The van der Waals surface area contributed by atoms with Crippen LogP contribution in [-0.2, 0) is 0 Å². The topological polar surface area (TPSA) is 59.7 Å².